The van der Waals surface area contributed by atoms with Crippen molar-refractivity contribution in [2.24, 2.45) is 0 Å². The summed E-state index contributed by atoms with van der Waals surface area (Å²) in [5.74, 6) is -13.0. The lowest BCUT2D eigenvalue weighted by atomic mass is 10.00. The van der Waals surface area contributed by atoms with Crippen molar-refractivity contribution in [3.8, 4) is 0 Å². The zero-order chi connectivity index (χ0) is 24.3. The summed E-state index contributed by atoms with van der Waals surface area (Å²) in [6.07, 6.45) is 6.28. The number of hydrogen-bond acceptors (Lipinski definition) is 4. The Morgan fingerprint density at radius 2 is 1.52 bits per heavy atom. The Hall–Kier alpha value is -2.33. The van der Waals surface area contributed by atoms with E-state index >= 15 is 0 Å². The van der Waals surface area contributed by atoms with Crippen LogP contribution in [0.3, 0.4) is 0 Å². The summed E-state index contributed by atoms with van der Waals surface area (Å²) < 4.78 is 68.4. The predicted molar refractivity (Wildman–Crippen MR) is 116 cm³/mol. The number of rotatable bonds is 9. The number of halogens is 5. The lowest BCUT2D eigenvalue weighted by Crippen LogP contribution is -2.31. The van der Waals surface area contributed by atoms with Crippen molar-refractivity contribution in [1.82, 2.24) is 4.90 Å². The Morgan fingerprint density at radius 3 is 2.12 bits per heavy atom. The molecule has 10 heteroatoms. The number of nitrogens with one attached hydrogen (secondary N) is 1. The number of anilines is 1. The summed E-state index contributed by atoms with van der Waals surface area (Å²) in [4.78, 5) is 27.9. The van der Waals surface area contributed by atoms with E-state index in [9.17, 15) is 31.5 Å². The summed E-state index contributed by atoms with van der Waals surface area (Å²) in [5, 5.41) is 2.25. The van der Waals surface area contributed by atoms with Crippen molar-refractivity contribution in [1.29, 1.82) is 0 Å². The van der Waals surface area contributed by atoms with Crippen LogP contribution < -0.4 is 5.32 Å². The van der Waals surface area contributed by atoms with Crippen molar-refractivity contribution in [3.63, 3.8) is 0 Å². The largest absolute Gasteiger partial charge is 0.313 e. The number of fused-ring (bicyclic) bond motifs is 1. The number of hydrogen-bond donors (Lipinski definition) is 1. The zero-order valence-electron chi connectivity index (χ0n) is 18.4. The van der Waals surface area contributed by atoms with Gasteiger partial charge in [-0.05, 0) is 31.9 Å². The van der Waals surface area contributed by atoms with Crippen LogP contribution in [0, 0.1) is 29.1 Å². The second-order valence-electron chi connectivity index (χ2n) is 8.10. The van der Waals surface area contributed by atoms with E-state index in [2.05, 4.69) is 17.1 Å². The van der Waals surface area contributed by atoms with Crippen LogP contribution in [0.4, 0.5) is 27.0 Å². The number of thiophene rings is 1. The molecular weight excluding hydrogens is 463 g/mol. The fourth-order valence-corrected chi connectivity index (χ4v) is 5.35. The van der Waals surface area contributed by atoms with Gasteiger partial charge in [0.1, 0.15) is 10.6 Å². The molecular formula is C23H25F5N2O2S. The normalized spacial score (nSPS) is 13.8. The number of unbranched alkanes of at least 4 members (excludes halogenated alkanes) is 4. The molecule has 1 aromatic carbocycles. The minimum Gasteiger partial charge on any atom is -0.313 e. The third-order valence-corrected chi connectivity index (χ3v) is 6.86. The number of amides is 1. The second-order valence-corrected chi connectivity index (χ2v) is 9.21. The van der Waals surface area contributed by atoms with Gasteiger partial charge in [0, 0.05) is 18.0 Å². The van der Waals surface area contributed by atoms with Gasteiger partial charge in [-0.2, -0.15) is 0 Å². The molecule has 2 heterocycles. The molecule has 0 saturated heterocycles. The van der Waals surface area contributed by atoms with Crippen LogP contribution in [0.15, 0.2) is 0 Å². The molecule has 4 nitrogen and oxygen atoms in total. The number of ketones is 1. The smallest absolute Gasteiger partial charge is 0.262 e. The Kier molecular flexibility index (Phi) is 8.23. The fourth-order valence-electron chi connectivity index (χ4n) is 4.02. The number of Topliss-reactive ketones (excluding diaryl/α,β-unsaturated/α-hetero) is 1. The van der Waals surface area contributed by atoms with Gasteiger partial charge in [-0.1, -0.05) is 32.6 Å². The molecule has 0 bridgehead atoms. The molecule has 33 heavy (non-hydrogen) atoms. The van der Waals surface area contributed by atoms with Crippen molar-refractivity contribution < 1.29 is 31.5 Å². The molecule has 2 aromatic rings. The van der Waals surface area contributed by atoms with Crippen LogP contribution in [0.1, 0.15) is 77.1 Å². The van der Waals surface area contributed by atoms with E-state index in [-0.39, 0.29) is 16.3 Å². The van der Waals surface area contributed by atoms with E-state index in [0.29, 0.717) is 13.0 Å². The average molecular weight is 489 g/mol. The Labute approximate surface area is 192 Å². The summed E-state index contributed by atoms with van der Waals surface area (Å²) >= 11 is 1.09. The number of carbonyl (C=O) groups is 2. The molecule has 1 aromatic heterocycles. The van der Waals surface area contributed by atoms with Crippen LogP contribution in [-0.4, -0.2) is 29.7 Å². The van der Waals surface area contributed by atoms with Gasteiger partial charge in [0.15, 0.2) is 29.1 Å². The first-order chi connectivity index (χ1) is 15.7. The maximum absolute atomic E-state index is 14.0. The van der Waals surface area contributed by atoms with Gasteiger partial charge in [0.25, 0.3) is 5.91 Å². The topological polar surface area (TPSA) is 49.4 Å². The molecule has 0 atom stereocenters. The average Bonchev–Trinajstić information content (AvgIpc) is 3.13. The minimum atomic E-state index is -2.34. The Morgan fingerprint density at radius 1 is 0.909 bits per heavy atom. The Bertz CT molecular complexity index is 1040. The first-order valence-electron chi connectivity index (χ1n) is 10.9. The maximum atomic E-state index is 14.0. The highest BCUT2D eigenvalue weighted by molar-refractivity contribution is 7.17. The van der Waals surface area contributed by atoms with Gasteiger partial charge in [-0.3, -0.25) is 14.5 Å². The van der Waals surface area contributed by atoms with Crippen LogP contribution in [0.25, 0.3) is 0 Å². The van der Waals surface area contributed by atoms with E-state index in [1.165, 1.54) is 19.8 Å². The molecule has 1 N–H and O–H groups in total. The molecule has 1 amide bonds. The standard InChI is InChI=1S/C23H25F5N2O2S/c1-3-4-5-6-7-9-30-10-8-13-14(11-30)33-23(15(13)12(2)31)29-22(32)16-17(24)19(26)21(28)20(27)18(16)25/h3-11H2,1-2H3,(H,29,32). The lowest BCUT2D eigenvalue weighted by molar-refractivity contribution is 0.101. The fraction of sp³-hybridized carbons (Fsp3) is 0.478. The van der Waals surface area contributed by atoms with Crippen LogP contribution in [0.2, 0.25) is 0 Å². The van der Waals surface area contributed by atoms with E-state index in [0.717, 1.165) is 54.1 Å². The van der Waals surface area contributed by atoms with E-state index in [1.807, 2.05) is 0 Å². The molecule has 0 unspecified atom stereocenters. The molecule has 180 valence electrons. The van der Waals surface area contributed by atoms with Crippen LogP contribution >= 0.6 is 11.3 Å². The summed E-state index contributed by atoms with van der Waals surface area (Å²) in [6.45, 7) is 5.63. The summed E-state index contributed by atoms with van der Waals surface area (Å²) in [6, 6.07) is 0. The van der Waals surface area contributed by atoms with Gasteiger partial charge in [-0.15, -0.1) is 11.3 Å². The van der Waals surface area contributed by atoms with E-state index in [4.69, 9.17) is 0 Å². The van der Waals surface area contributed by atoms with Crippen molar-refractivity contribution in [2.75, 3.05) is 18.4 Å². The molecule has 1 aliphatic heterocycles. The third kappa shape index (κ3) is 5.27. The Balaban J connectivity index is 1.82. The SMILES string of the molecule is CCCCCCCN1CCc2c(sc(NC(=O)c3c(F)c(F)c(F)c(F)c3F)c2C(C)=O)C1. The predicted octanol–water partition coefficient (Wildman–Crippen LogP) is 6.23. The van der Waals surface area contributed by atoms with Crippen molar-refractivity contribution in [3.05, 3.63) is 50.7 Å². The first kappa shape index (κ1) is 25.3. The molecule has 1 aliphatic rings. The monoisotopic (exact) mass is 488 g/mol. The van der Waals surface area contributed by atoms with E-state index < -0.39 is 40.6 Å². The highest BCUT2D eigenvalue weighted by Crippen LogP contribution is 2.38. The van der Waals surface area contributed by atoms with Gasteiger partial charge >= 0.3 is 0 Å². The lowest BCUT2D eigenvalue weighted by Gasteiger charge is -2.27. The number of benzene rings is 1. The maximum Gasteiger partial charge on any atom is 0.262 e. The van der Waals surface area contributed by atoms with Crippen molar-refractivity contribution >= 4 is 28.0 Å². The second kappa shape index (κ2) is 10.7. The quantitative estimate of drug-likeness (QED) is 0.150. The van der Waals surface area contributed by atoms with Gasteiger partial charge < -0.3 is 5.32 Å². The molecule has 0 radical (unpaired) electrons. The van der Waals surface area contributed by atoms with Gasteiger partial charge in [0.05, 0.1) is 5.56 Å². The summed E-state index contributed by atoms with van der Waals surface area (Å²) in [5.41, 5.74) is -0.613. The molecule has 3 rings (SSSR count). The van der Waals surface area contributed by atoms with Gasteiger partial charge in [0.2, 0.25) is 5.82 Å². The highest BCUT2D eigenvalue weighted by Gasteiger charge is 2.32. The molecule has 0 saturated carbocycles. The number of nitrogens with zero attached hydrogens (tertiary/aromatic N) is 1. The molecule has 0 fully saturated rings. The van der Waals surface area contributed by atoms with Crippen LogP contribution in [0.5, 0.6) is 0 Å². The number of carbonyl (C=O) groups excluding carboxylic acids is 2. The first-order valence-corrected chi connectivity index (χ1v) is 11.7. The third-order valence-electron chi connectivity index (χ3n) is 5.73. The summed E-state index contributed by atoms with van der Waals surface area (Å²) in [7, 11) is 0. The highest BCUT2D eigenvalue weighted by atomic mass is 32.1. The van der Waals surface area contributed by atoms with E-state index in [1.54, 1.807) is 0 Å². The van der Waals surface area contributed by atoms with Crippen molar-refractivity contribution in [2.45, 2.75) is 58.9 Å². The zero-order valence-corrected chi connectivity index (χ0v) is 19.2. The minimum absolute atomic E-state index is 0.0474. The van der Waals surface area contributed by atoms with Gasteiger partial charge in [-0.25, -0.2) is 22.0 Å². The van der Waals surface area contributed by atoms with Crippen LogP contribution in [-0.2, 0) is 13.0 Å². The molecule has 0 aliphatic carbocycles. The molecule has 0 spiro atoms.